The summed E-state index contributed by atoms with van der Waals surface area (Å²) in [6.45, 7) is 0. The number of imide groups is 1. The van der Waals surface area contributed by atoms with Crippen LogP contribution in [0.5, 0.6) is 0 Å². The topological polar surface area (TPSA) is 58.2 Å². The molecule has 0 saturated heterocycles. The molecule has 2 N–H and O–H groups in total. The van der Waals surface area contributed by atoms with Gasteiger partial charge in [0.1, 0.15) is 22.2 Å². The summed E-state index contributed by atoms with van der Waals surface area (Å²) >= 11 is 11.0. The number of benzene rings is 2. The molecular weight excluding hydrogens is 430 g/mol. The van der Waals surface area contributed by atoms with E-state index in [4.69, 9.17) is 23.2 Å². The van der Waals surface area contributed by atoms with Gasteiger partial charge in [0.2, 0.25) is 0 Å². The Labute approximate surface area is 164 Å². The molecule has 28 heavy (non-hydrogen) atoms. The molecule has 0 atom stereocenters. The monoisotopic (exact) mass is 438 g/mol. The van der Waals surface area contributed by atoms with Crippen LogP contribution in [-0.4, -0.2) is 18.1 Å². The normalized spacial score (nSPS) is 11.9. The first-order valence-corrected chi connectivity index (χ1v) is 8.05. The van der Waals surface area contributed by atoms with E-state index in [-0.39, 0.29) is 16.3 Å². The molecule has 0 aliphatic rings. The molecule has 2 aromatic carbocycles. The van der Waals surface area contributed by atoms with Gasteiger partial charge >= 0.3 is 12.2 Å². The van der Waals surface area contributed by atoms with Crippen LogP contribution in [0.15, 0.2) is 41.4 Å². The van der Waals surface area contributed by atoms with Crippen molar-refractivity contribution in [2.75, 3.05) is 5.32 Å². The number of hydrogen-bond acceptors (Lipinski definition) is 2. The van der Waals surface area contributed by atoms with E-state index in [0.29, 0.717) is 6.08 Å². The van der Waals surface area contributed by atoms with Gasteiger partial charge in [0.15, 0.2) is 0 Å². The van der Waals surface area contributed by atoms with E-state index in [9.17, 15) is 31.5 Å². The number of nitrogens with one attached hydrogen (secondary N) is 2. The van der Waals surface area contributed by atoms with Crippen LogP contribution in [0.1, 0.15) is 15.9 Å². The van der Waals surface area contributed by atoms with Gasteiger partial charge in [-0.1, -0.05) is 35.3 Å². The van der Waals surface area contributed by atoms with Crippen LogP contribution in [0.2, 0.25) is 5.02 Å². The maximum Gasteiger partial charge on any atom is 0.426 e. The van der Waals surface area contributed by atoms with Gasteiger partial charge in [-0.25, -0.2) is 13.6 Å². The van der Waals surface area contributed by atoms with Gasteiger partial charge < -0.3 is 5.32 Å². The number of carbonyl (C=O) groups excluding carboxylic acids is 2. The quantitative estimate of drug-likeness (QED) is 0.601. The molecule has 0 fully saturated rings. The summed E-state index contributed by atoms with van der Waals surface area (Å²) in [7, 11) is 0. The van der Waals surface area contributed by atoms with Gasteiger partial charge in [0.05, 0.1) is 0 Å². The zero-order valence-electron chi connectivity index (χ0n) is 13.5. The van der Waals surface area contributed by atoms with Gasteiger partial charge in [0, 0.05) is 10.7 Å². The van der Waals surface area contributed by atoms with E-state index in [1.807, 2.05) is 0 Å². The van der Waals surface area contributed by atoms with Crippen LogP contribution in [0, 0.1) is 11.6 Å². The third-order valence-electron chi connectivity index (χ3n) is 3.23. The van der Waals surface area contributed by atoms with Crippen molar-refractivity contribution in [3.63, 3.8) is 0 Å². The molecule has 0 aromatic heterocycles. The van der Waals surface area contributed by atoms with Crippen molar-refractivity contribution in [3.05, 3.63) is 69.2 Å². The van der Waals surface area contributed by atoms with Crippen molar-refractivity contribution in [1.82, 2.24) is 5.32 Å². The number of rotatable bonds is 3. The van der Waals surface area contributed by atoms with Gasteiger partial charge in [-0.05, 0) is 35.9 Å². The van der Waals surface area contributed by atoms with E-state index >= 15 is 0 Å². The van der Waals surface area contributed by atoms with Gasteiger partial charge in [-0.3, -0.25) is 10.1 Å². The Kier molecular flexibility index (Phi) is 6.63. The van der Waals surface area contributed by atoms with Crippen molar-refractivity contribution in [2.24, 2.45) is 0 Å². The van der Waals surface area contributed by atoms with Gasteiger partial charge in [0.25, 0.3) is 5.91 Å². The number of allylic oxidation sites excluding steroid dienone is 1. The number of anilines is 1. The fourth-order valence-electron chi connectivity index (χ4n) is 1.98. The second-order valence-corrected chi connectivity index (χ2v) is 6.05. The third-order valence-corrected chi connectivity index (χ3v) is 3.88. The minimum Gasteiger partial charge on any atom is -0.308 e. The average Bonchev–Trinajstić information content (AvgIpc) is 2.56. The lowest BCUT2D eigenvalue weighted by molar-refractivity contribution is -0.0836. The highest BCUT2D eigenvalue weighted by Crippen LogP contribution is 2.32. The minimum absolute atomic E-state index is 0.00425. The fourth-order valence-corrected chi connectivity index (χ4v) is 2.34. The first-order valence-electron chi connectivity index (χ1n) is 7.29. The lowest BCUT2D eigenvalue weighted by atomic mass is 10.2. The number of alkyl halides is 3. The Morgan fingerprint density at radius 3 is 2.18 bits per heavy atom. The number of halogens is 7. The lowest BCUT2D eigenvalue weighted by Gasteiger charge is -2.10. The number of carbonyl (C=O) groups is 2. The van der Waals surface area contributed by atoms with E-state index in [1.165, 1.54) is 6.07 Å². The molecule has 0 unspecified atom stereocenters. The lowest BCUT2D eigenvalue weighted by Crippen LogP contribution is -2.35. The first-order chi connectivity index (χ1) is 13.0. The molecule has 4 nitrogen and oxygen atoms in total. The molecule has 0 spiro atoms. The predicted octanol–water partition coefficient (Wildman–Crippen LogP) is 5.72. The van der Waals surface area contributed by atoms with Crippen LogP contribution < -0.4 is 10.6 Å². The number of amides is 3. The summed E-state index contributed by atoms with van der Waals surface area (Å²) in [5.41, 5.74) is -1.01. The van der Waals surface area contributed by atoms with E-state index in [0.717, 1.165) is 30.3 Å². The summed E-state index contributed by atoms with van der Waals surface area (Å²) in [6.07, 6.45) is -4.15. The first kappa shape index (κ1) is 21.6. The molecule has 0 aliphatic carbocycles. The Morgan fingerprint density at radius 2 is 1.64 bits per heavy atom. The van der Waals surface area contributed by atoms with E-state index < -0.39 is 40.3 Å². The van der Waals surface area contributed by atoms with E-state index in [2.05, 4.69) is 5.32 Å². The molecule has 0 radical (unpaired) electrons. The van der Waals surface area contributed by atoms with Gasteiger partial charge in [-0.15, -0.1) is 0 Å². The van der Waals surface area contributed by atoms with Crippen molar-refractivity contribution < 1.29 is 31.5 Å². The number of urea groups is 1. The molecule has 0 bridgehead atoms. The summed E-state index contributed by atoms with van der Waals surface area (Å²) in [5, 5.41) is 2.30. The highest BCUT2D eigenvalue weighted by Gasteiger charge is 2.32. The Hall–Kier alpha value is -2.65. The smallest absolute Gasteiger partial charge is 0.308 e. The third kappa shape index (κ3) is 5.43. The summed E-state index contributed by atoms with van der Waals surface area (Å²) in [4.78, 5) is 23.6. The Morgan fingerprint density at radius 1 is 1.04 bits per heavy atom. The molecule has 0 saturated carbocycles. The van der Waals surface area contributed by atoms with E-state index in [1.54, 1.807) is 5.32 Å². The predicted molar refractivity (Wildman–Crippen MR) is 94.2 cm³/mol. The second-order valence-electron chi connectivity index (χ2n) is 5.23. The molecule has 2 aromatic rings. The van der Waals surface area contributed by atoms with Crippen molar-refractivity contribution >= 4 is 46.9 Å². The second kappa shape index (κ2) is 8.57. The van der Waals surface area contributed by atoms with Gasteiger partial charge in [-0.2, -0.15) is 13.2 Å². The SMILES string of the molecule is O=C(NC(=O)c1c(F)cccc1F)Nc1ccc(C=C(Cl)C(F)(F)F)c(Cl)c1. The maximum atomic E-state index is 13.5. The van der Waals surface area contributed by atoms with Crippen LogP contribution in [-0.2, 0) is 0 Å². The van der Waals surface area contributed by atoms with Crippen molar-refractivity contribution in [2.45, 2.75) is 6.18 Å². The summed E-state index contributed by atoms with van der Waals surface area (Å²) in [6, 6.07) is 5.02. The van der Waals surface area contributed by atoms with Crippen LogP contribution in [0.3, 0.4) is 0 Å². The molecule has 3 amide bonds. The average molecular weight is 439 g/mol. The van der Waals surface area contributed by atoms with Crippen LogP contribution in [0.4, 0.5) is 32.4 Å². The summed E-state index contributed by atoms with van der Waals surface area (Å²) in [5.74, 6) is -3.65. The minimum atomic E-state index is -4.75. The largest absolute Gasteiger partial charge is 0.426 e. The molecule has 0 aliphatic heterocycles. The van der Waals surface area contributed by atoms with Crippen molar-refractivity contribution in [3.8, 4) is 0 Å². The summed E-state index contributed by atoms with van der Waals surface area (Å²) < 4.78 is 64.4. The highest BCUT2D eigenvalue weighted by molar-refractivity contribution is 6.34. The Balaban J connectivity index is 2.11. The zero-order valence-corrected chi connectivity index (χ0v) is 15.0. The van der Waals surface area contributed by atoms with Crippen LogP contribution in [0.25, 0.3) is 6.08 Å². The maximum absolute atomic E-state index is 13.5. The van der Waals surface area contributed by atoms with Crippen molar-refractivity contribution in [1.29, 1.82) is 0 Å². The van der Waals surface area contributed by atoms with Crippen LogP contribution >= 0.6 is 23.2 Å². The fraction of sp³-hybridized carbons (Fsp3) is 0.0588. The Bertz CT molecular complexity index is 941. The number of hydrogen-bond donors (Lipinski definition) is 2. The molecular formula is C17H9Cl2F5N2O2. The molecule has 0 heterocycles. The molecule has 2 rings (SSSR count). The zero-order chi connectivity index (χ0) is 21.1. The molecule has 148 valence electrons. The highest BCUT2D eigenvalue weighted by atomic mass is 35.5. The molecule has 11 heteroatoms. The standard InChI is InChI=1S/C17H9Cl2F5N2O2/c18-10-7-9(5-4-8(10)6-13(19)17(22,23)24)25-16(28)26-15(27)14-11(20)2-1-3-12(14)21/h1-7H,(H2,25,26,27,28).